The van der Waals surface area contributed by atoms with E-state index in [4.69, 9.17) is 10.00 Å². The number of rotatable bonds is 9. The summed E-state index contributed by atoms with van der Waals surface area (Å²) >= 11 is 0. The number of fused-ring (bicyclic) bond motifs is 1. The molecular weight excluding hydrogens is 750 g/mol. The minimum absolute atomic E-state index is 0.0734. The van der Waals surface area contributed by atoms with E-state index >= 15 is 0 Å². The fourth-order valence-electron chi connectivity index (χ4n) is 9.03. The highest BCUT2D eigenvalue weighted by molar-refractivity contribution is 6.09. The van der Waals surface area contributed by atoms with Gasteiger partial charge in [-0.1, -0.05) is 6.07 Å². The number of piperidine rings is 2. The van der Waals surface area contributed by atoms with Crippen LogP contribution in [0, 0.1) is 17.2 Å². The van der Waals surface area contributed by atoms with Gasteiger partial charge in [-0.05, 0) is 106 Å². The predicted molar refractivity (Wildman–Crippen MR) is 212 cm³/mol. The van der Waals surface area contributed by atoms with E-state index in [1.807, 2.05) is 24.3 Å². The number of pyridine rings is 1. The third kappa shape index (κ3) is 8.62. The third-order valence-electron chi connectivity index (χ3n) is 12.2. The summed E-state index contributed by atoms with van der Waals surface area (Å²) in [4.78, 5) is 48.5. The first kappa shape index (κ1) is 39.2. The van der Waals surface area contributed by atoms with Crippen LogP contribution in [0.4, 0.5) is 29.5 Å². The van der Waals surface area contributed by atoms with E-state index in [2.05, 4.69) is 48.3 Å². The lowest BCUT2D eigenvalue weighted by Gasteiger charge is -2.38. The van der Waals surface area contributed by atoms with Gasteiger partial charge in [0.1, 0.15) is 11.6 Å². The Morgan fingerprint density at radius 2 is 1.71 bits per heavy atom. The molecule has 0 radical (unpaired) electrons. The summed E-state index contributed by atoms with van der Waals surface area (Å²) in [5.41, 5.74) is 0.986. The molecule has 4 aromatic rings. The number of carbonyl (C=O) groups excluding carboxylic acids is 3. The number of aromatic nitrogens is 2. The van der Waals surface area contributed by atoms with Gasteiger partial charge >= 0.3 is 12.2 Å². The molecule has 1 aliphatic carbocycles. The van der Waals surface area contributed by atoms with Crippen molar-refractivity contribution in [1.29, 1.82) is 5.26 Å². The quantitative estimate of drug-likeness (QED) is 0.184. The van der Waals surface area contributed by atoms with Gasteiger partial charge in [0.2, 0.25) is 5.91 Å². The number of amides is 4. The Labute approximate surface area is 334 Å². The maximum absolute atomic E-state index is 13.4. The molecule has 2 aromatic carbocycles. The van der Waals surface area contributed by atoms with Crippen molar-refractivity contribution in [3.05, 3.63) is 83.7 Å². The molecule has 8 rings (SSSR count). The van der Waals surface area contributed by atoms with E-state index < -0.39 is 17.3 Å². The Balaban J connectivity index is 0.759. The smallest absolute Gasteiger partial charge is 0.417 e. The summed E-state index contributed by atoms with van der Waals surface area (Å²) in [7, 11) is 0. The van der Waals surface area contributed by atoms with Gasteiger partial charge in [-0.25, -0.2) is 9.78 Å². The molecule has 15 heteroatoms. The lowest BCUT2D eigenvalue weighted by atomic mass is 9.92. The summed E-state index contributed by atoms with van der Waals surface area (Å²) in [6.45, 7) is 5.34. The van der Waals surface area contributed by atoms with Crippen molar-refractivity contribution in [2.75, 3.05) is 49.1 Å². The topological polar surface area (TPSA) is 136 Å². The van der Waals surface area contributed by atoms with Crippen molar-refractivity contribution in [2.24, 2.45) is 5.92 Å². The summed E-state index contributed by atoms with van der Waals surface area (Å²) < 4.78 is 48.3. The number of hydrogen-bond acceptors (Lipinski definition) is 8. The van der Waals surface area contributed by atoms with Gasteiger partial charge in [-0.2, -0.15) is 18.4 Å². The Bertz CT molecular complexity index is 2180. The number of carbonyl (C=O) groups is 3. The van der Waals surface area contributed by atoms with Crippen molar-refractivity contribution in [3.63, 3.8) is 0 Å². The van der Waals surface area contributed by atoms with Crippen LogP contribution in [-0.4, -0.2) is 83.7 Å². The van der Waals surface area contributed by atoms with Crippen molar-refractivity contribution in [3.8, 4) is 11.8 Å². The van der Waals surface area contributed by atoms with Gasteiger partial charge in [-0.3, -0.25) is 19.8 Å². The average Bonchev–Trinajstić information content (AvgIpc) is 3.67. The summed E-state index contributed by atoms with van der Waals surface area (Å²) in [6, 6.07) is 16.8. The monoisotopic (exact) mass is 796 g/mol. The van der Waals surface area contributed by atoms with Crippen molar-refractivity contribution in [2.45, 2.75) is 82.2 Å². The van der Waals surface area contributed by atoms with Crippen LogP contribution >= 0.6 is 0 Å². The van der Waals surface area contributed by atoms with E-state index in [1.54, 1.807) is 17.2 Å². The lowest BCUT2D eigenvalue weighted by Crippen LogP contribution is -2.49. The zero-order valence-corrected chi connectivity index (χ0v) is 32.2. The van der Waals surface area contributed by atoms with Crippen molar-refractivity contribution < 1.29 is 32.3 Å². The van der Waals surface area contributed by atoms with Crippen LogP contribution in [0.15, 0.2) is 67.0 Å². The Morgan fingerprint density at radius 3 is 2.40 bits per heavy atom. The van der Waals surface area contributed by atoms with Crippen LogP contribution in [0.25, 0.3) is 10.9 Å². The first-order valence-electron chi connectivity index (χ1n) is 20.3. The number of likely N-dealkylation sites (tertiary alicyclic amines) is 1. The molecule has 4 aliphatic rings. The second-order valence-electron chi connectivity index (χ2n) is 15.9. The van der Waals surface area contributed by atoms with E-state index in [1.165, 1.54) is 6.07 Å². The Morgan fingerprint density at radius 1 is 0.931 bits per heavy atom. The van der Waals surface area contributed by atoms with Crippen LogP contribution in [0.1, 0.15) is 85.3 Å². The van der Waals surface area contributed by atoms with Crippen LogP contribution in [0.5, 0.6) is 5.75 Å². The number of imide groups is 1. The molecular formula is C43H47F3N8O4. The highest BCUT2D eigenvalue weighted by Gasteiger charge is 2.35. The fraction of sp³-hybridized carbons (Fsp3) is 0.465. The number of nitrogens with zero attached hydrogens (tertiary/aromatic N) is 6. The minimum Gasteiger partial charge on any atom is -0.490 e. The van der Waals surface area contributed by atoms with Crippen molar-refractivity contribution >= 4 is 40.3 Å². The lowest BCUT2D eigenvalue weighted by molar-refractivity contribution is -0.138. The summed E-state index contributed by atoms with van der Waals surface area (Å²) in [5, 5.41) is 15.6. The van der Waals surface area contributed by atoms with Gasteiger partial charge in [0.25, 0.3) is 5.91 Å². The van der Waals surface area contributed by atoms with Crippen LogP contribution in [-0.2, 0) is 11.0 Å². The molecule has 0 atom stereocenters. The molecule has 5 heterocycles. The normalized spacial score (nSPS) is 21.5. The zero-order valence-electron chi connectivity index (χ0n) is 32.2. The molecule has 2 N–H and O–H groups in total. The van der Waals surface area contributed by atoms with E-state index in [9.17, 15) is 27.6 Å². The second kappa shape index (κ2) is 16.7. The number of urea groups is 1. The maximum atomic E-state index is 13.4. The molecule has 58 heavy (non-hydrogen) atoms. The SMILES string of the molecule is N#Cc1ccc(OC2CCC(NC(=O)c3ccc(N4CCC(CN5CCC(n6ccc7c(N8CCC(=O)NC8=O)cccc76)CC5)CC4)nc3)CC2)cc1C(F)(F)F. The van der Waals surface area contributed by atoms with Crippen LogP contribution in [0.3, 0.4) is 0 Å². The largest absolute Gasteiger partial charge is 0.490 e. The van der Waals surface area contributed by atoms with Crippen LogP contribution in [0.2, 0.25) is 0 Å². The fourth-order valence-corrected chi connectivity index (χ4v) is 9.03. The first-order valence-corrected chi connectivity index (χ1v) is 20.3. The molecule has 3 saturated heterocycles. The van der Waals surface area contributed by atoms with E-state index in [0.29, 0.717) is 56.2 Å². The number of anilines is 2. The van der Waals surface area contributed by atoms with Gasteiger partial charge in [-0.15, -0.1) is 0 Å². The number of hydrogen-bond donors (Lipinski definition) is 2. The molecule has 304 valence electrons. The maximum Gasteiger partial charge on any atom is 0.417 e. The number of nitriles is 1. The molecule has 4 amide bonds. The minimum atomic E-state index is -4.64. The molecule has 12 nitrogen and oxygen atoms in total. The predicted octanol–water partition coefficient (Wildman–Crippen LogP) is 7.05. The summed E-state index contributed by atoms with van der Waals surface area (Å²) in [5.74, 6) is 1.12. The van der Waals surface area contributed by atoms with Gasteiger partial charge in [0.05, 0.1) is 40.1 Å². The number of nitrogens with one attached hydrogen (secondary N) is 2. The highest BCUT2D eigenvalue weighted by atomic mass is 19.4. The average molecular weight is 797 g/mol. The number of halogens is 3. The van der Waals surface area contributed by atoms with Gasteiger partial charge < -0.3 is 24.4 Å². The van der Waals surface area contributed by atoms with E-state index in [0.717, 1.165) is 92.9 Å². The Hall–Kier alpha value is -5.62. The molecule has 0 bridgehead atoms. The molecule has 0 unspecified atom stereocenters. The molecule has 0 spiro atoms. The first-order chi connectivity index (χ1) is 28.0. The molecule has 4 fully saturated rings. The van der Waals surface area contributed by atoms with Gasteiger partial charge in [0, 0.05) is 75.6 Å². The van der Waals surface area contributed by atoms with Crippen molar-refractivity contribution in [1.82, 2.24) is 25.1 Å². The molecule has 2 aromatic heterocycles. The van der Waals surface area contributed by atoms with E-state index in [-0.39, 0.29) is 35.7 Å². The van der Waals surface area contributed by atoms with Gasteiger partial charge in [0.15, 0.2) is 0 Å². The number of ether oxygens (including phenoxy) is 1. The second-order valence-corrected chi connectivity index (χ2v) is 15.9. The molecule has 1 saturated carbocycles. The highest BCUT2D eigenvalue weighted by Crippen LogP contribution is 2.36. The standard InChI is InChI=1S/C43H47F3N8O4/c44-43(45,46)36-24-34(8-4-29(36)25-47)58-33-9-6-31(7-10-33)49-41(56)30-5-11-39(48-26-30)52-20-12-28(13-21-52)27-51-18-14-32(15-19-51)53-22-16-35-37(53)2-1-3-38(35)54-23-17-40(55)50-42(54)57/h1-5,8,11,16,22,24,26,28,31-33H,6-7,9-10,12-15,17-21,23,27H2,(H,49,56)(H,50,55,57). The number of alkyl halides is 3. The summed E-state index contributed by atoms with van der Waals surface area (Å²) in [6.07, 6.45) is 5.83. The Kier molecular flexibility index (Phi) is 11.3. The molecule has 3 aliphatic heterocycles. The number of benzene rings is 2. The third-order valence-corrected chi connectivity index (χ3v) is 12.2. The van der Waals surface area contributed by atoms with Crippen LogP contribution < -0.4 is 25.2 Å². The zero-order chi connectivity index (χ0) is 40.4.